The van der Waals surface area contributed by atoms with E-state index < -0.39 is 0 Å². The molecule has 0 bridgehead atoms. The summed E-state index contributed by atoms with van der Waals surface area (Å²) in [4.78, 5) is 22.1. The van der Waals surface area contributed by atoms with Gasteiger partial charge in [-0.25, -0.2) is 4.98 Å². The Bertz CT molecular complexity index is 909. The first-order valence-electron chi connectivity index (χ1n) is 9.72. The zero-order chi connectivity index (χ0) is 19.3. The number of aryl methyl sites for hydroxylation is 1. The molecule has 1 amide bonds. The standard InChI is InChI=1S/C22H25N5O/c1-17-23-21(25-24-17)20-12-13-26(16-18-8-4-2-5-9-18)14-15-27(20)22(28)19-10-6-3-7-11-19/h2-11,20H,12-16H2,1H3,(H,23,24,25). The Morgan fingerprint density at radius 1 is 1.04 bits per heavy atom. The SMILES string of the molecule is Cc1nc(C2CCN(Cc3ccccc3)CCN2C(=O)c2ccccc2)n[nH]1. The summed E-state index contributed by atoms with van der Waals surface area (Å²) >= 11 is 0. The normalized spacial score (nSPS) is 18.0. The topological polar surface area (TPSA) is 65.1 Å². The second kappa shape index (κ2) is 8.35. The van der Waals surface area contributed by atoms with E-state index in [0.29, 0.717) is 17.9 Å². The second-order valence-corrected chi connectivity index (χ2v) is 7.21. The number of aromatic amines is 1. The van der Waals surface area contributed by atoms with Crippen LogP contribution in [0.1, 0.15) is 40.0 Å². The van der Waals surface area contributed by atoms with E-state index in [1.54, 1.807) is 0 Å². The van der Waals surface area contributed by atoms with E-state index in [0.717, 1.165) is 31.9 Å². The molecule has 1 fully saturated rings. The number of H-pyrrole nitrogens is 1. The van der Waals surface area contributed by atoms with Gasteiger partial charge in [-0.15, -0.1) is 0 Å². The first-order chi connectivity index (χ1) is 13.7. The van der Waals surface area contributed by atoms with Crippen molar-refractivity contribution in [1.29, 1.82) is 0 Å². The predicted molar refractivity (Wildman–Crippen MR) is 108 cm³/mol. The largest absolute Gasteiger partial charge is 0.327 e. The summed E-state index contributed by atoms with van der Waals surface area (Å²) in [5.41, 5.74) is 1.99. The van der Waals surface area contributed by atoms with Crippen LogP contribution in [0, 0.1) is 6.92 Å². The molecule has 0 saturated carbocycles. The predicted octanol–water partition coefficient (Wildman–Crippen LogP) is 3.20. The number of carbonyl (C=O) groups is 1. The molecule has 1 aliphatic heterocycles. The first kappa shape index (κ1) is 18.4. The maximum absolute atomic E-state index is 13.2. The van der Waals surface area contributed by atoms with Crippen LogP contribution in [-0.2, 0) is 6.54 Å². The molecule has 2 aromatic carbocycles. The Hall–Kier alpha value is -2.99. The monoisotopic (exact) mass is 375 g/mol. The van der Waals surface area contributed by atoms with Crippen molar-refractivity contribution in [3.05, 3.63) is 83.4 Å². The van der Waals surface area contributed by atoms with Gasteiger partial charge in [-0.2, -0.15) is 5.10 Å². The number of nitrogens with zero attached hydrogens (tertiary/aromatic N) is 4. The van der Waals surface area contributed by atoms with Gasteiger partial charge >= 0.3 is 0 Å². The van der Waals surface area contributed by atoms with Crippen LogP contribution in [0.5, 0.6) is 0 Å². The lowest BCUT2D eigenvalue weighted by atomic mass is 10.1. The van der Waals surface area contributed by atoms with Crippen LogP contribution in [0.15, 0.2) is 60.7 Å². The van der Waals surface area contributed by atoms with E-state index in [-0.39, 0.29) is 11.9 Å². The molecule has 2 heterocycles. The van der Waals surface area contributed by atoms with Crippen molar-refractivity contribution in [1.82, 2.24) is 25.0 Å². The molecule has 0 aliphatic carbocycles. The molecule has 144 valence electrons. The van der Waals surface area contributed by atoms with Crippen LogP contribution in [0.4, 0.5) is 0 Å². The molecule has 6 heteroatoms. The lowest BCUT2D eigenvalue weighted by molar-refractivity contribution is 0.0677. The number of hydrogen-bond acceptors (Lipinski definition) is 4. The van der Waals surface area contributed by atoms with Crippen LogP contribution in [0.2, 0.25) is 0 Å². The fourth-order valence-corrected chi connectivity index (χ4v) is 3.74. The Morgan fingerprint density at radius 2 is 1.75 bits per heavy atom. The highest BCUT2D eigenvalue weighted by atomic mass is 16.2. The molecule has 6 nitrogen and oxygen atoms in total. The zero-order valence-corrected chi connectivity index (χ0v) is 16.1. The molecule has 28 heavy (non-hydrogen) atoms. The van der Waals surface area contributed by atoms with Crippen LogP contribution < -0.4 is 0 Å². The highest BCUT2D eigenvalue weighted by Gasteiger charge is 2.32. The van der Waals surface area contributed by atoms with Gasteiger partial charge in [-0.3, -0.25) is 14.8 Å². The quantitative estimate of drug-likeness (QED) is 0.761. The average molecular weight is 375 g/mol. The molecule has 1 atom stereocenters. The van der Waals surface area contributed by atoms with E-state index in [2.05, 4.69) is 44.3 Å². The Morgan fingerprint density at radius 3 is 2.43 bits per heavy atom. The van der Waals surface area contributed by atoms with Gasteiger partial charge in [0.25, 0.3) is 5.91 Å². The third-order valence-electron chi connectivity index (χ3n) is 5.20. The summed E-state index contributed by atoms with van der Waals surface area (Å²) in [7, 11) is 0. The third kappa shape index (κ3) is 4.12. The third-order valence-corrected chi connectivity index (χ3v) is 5.20. The molecule has 4 rings (SSSR count). The van der Waals surface area contributed by atoms with E-state index in [4.69, 9.17) is 0 Å². The summed E-state index contributed by atoms with van der Waals surface area (Å²) in [5, 5.41) is 7.29. The van der Waals surface area contributed by atoms with Crippen molar-refractivity contribution in [3.8, 4) is 0 Å². The molecule has 0 radical (unpaired) electrons. The highest BCUT2D eigenvalue weighted by Crippen LogP contribution is 2.27. The van der Waals surface area contributed by atoms with Gasteiger partial charge in [0.05, 0.1) is 6.04 Å². The van der Waals surface area contributed by atoms with Crippen molar-refractivity contribution in [2.75, 3.05) is 19.6 Å². The lowest BCUT2D eigenvalue weighted by Gasteiger charge is -2.28. The highest BCUT2D eigenvalue weighted by molar-refractivity contribution is 5.94. The summed E-state index contributed by atoms with van der Waals surface area (Å²) in [6.07, 6.45) is 0.808. The van der Waals surface area contributed by atoms with Crippen LogP contribution in [-0.4, -0.2) is 50.5 Å². The van der Waals surface area contributed by atoms with Crippen molar-refractivity contribution in [2.24, 2.45) is 0 Å². The number of rotatable bonds is 4. The number of amides is 1. The fraction of sp³-hybridized carbons (Fsp3) is 0.318. The van der Waals surface area contributed by atoms with Crippen molar-refractivity contribution >= 4 is 5.91 Å². The molecular formula is C22H25N5O. The van der Waals surface area contributed by atoms with Crippen molar-refractivity contribution < 1.29 is 4.79 Å². The van der Waals surface area contributed by atoms with E-state index in [9.17, 15) is 4.79 Å². The maximum atomic E-state index is 13.2. The van der Waals surface area contributed by atoms with Gasteiger partial charge < -0.3 is 4.90 Å². The second-order valence-electron chi connectivity index (χ2n) is 7.21. The van der Waals surface area contributed by atoms with Gasteiger partial charge in [0, 0.05) is 31.7 Å². The number of benzene rings is 2. The molecule has 3 aromatic rings. The van der Waals surface area contributed by atoms with Crippen LogP contribution >= 0.6 is 0 Å². The smallest absolute Gasteiger partial charge is 0.254 e. The Balaban J connectivity index is 1.57. The molecule has 1 aromatic heterocycles. The zero-order valence-electron chi connectivity index (χ0n) is 16.1. The molecule has 1 unspecified atom stereocenters. The van der Waals surface area contributed by atoms with Gasteiger partial charge in [0.15, 0.2) is 5.82 Å². The Kier molecular flexibility index (Phi) is 5.48. The van der Waals surface area contributed by atoms with Gasteiger partial charge in [-0.05, 0) is 31.0 Å². The van der Waals surface area contributed by atoms with Gasteiger partial charge in [-0.1, -0.05) is 48.5 Å². The van der Waals surface area contributed by atoms with Crippen molar-refractivity contribution in [2.45, 2.75) is 25.9 Å². The minimum Gasteiger partial charge on any atom is -0.327 e. The lowest BCUT2D eigenvalue weighted by Crippen LogP contribution is -2.37. The summed E-state index contributed by atoms with van der Waals surface area (Å²) in [5.74, 6) is 1.51. The molecule has 1 saturated heterocycles. The van der Waals surface area contributed by atoms with Crippen LogP contribution in [0.3, 0.4) is 0 Å². The molecule has 1 N–H and O–H groups in total. The number of nitrogens with one attached hydrogen (secondary N) is 1. The fourth-order valence-electron chi connectivity index (χ4n) is 3.74. The number of aromatic nitrogens is 3. The summed E-state index contributed by atoms with van der Waals surface area (Å²) in [6.45, 7) is 5.14. The molecule has 0 spiro atoms. The maximum Gasteiger partial charge on any atom is 0.254 e. The minimum atomic E-state index is -0.126. The van der Waals surface area contributed by atoms with Gasteiger partial charge in [0.1, 0.15) is 5.82 Å². The van der Waals surface area contributed by atoms with E-state index >= 15 is 0 Å². The van der Waals surface area contributed by atoms with E-state index in [1.807, 2.05) is 48.2 Å². The number of carbonyl (C=O) groups excluding carboxylic acids is 1. The number of hydrogen-bond donors (Lipinski definition) is 1. The molecule has 1 aliphatic rings. The summed E-state index contributed by atoms with van der Waals surface area (Å²) < 4.78 is 0. The van der Waals surface area contributed by atoms with Gasteiger partial charge in [0.2, 0.25) is 0 Å². The summed E-state index contributed by atoms with van der Waals surface area (Å²) in [6, 6.07) is 19.8. The van der Waals surface area contributed by atoms with Crippen molar-refractivity contribution in [3.63, 3.8) is 0 Å². The van der Waals surface area contributed by atoms with E-state index in [1.165, 1.54) is 5.56 Å². The average Bonchev–Trinajstić information content (AvgIpc) is 3.05. The van der Waals surface area contributed by atoms with Crippen LogP contribution in [0.25, 0.3) is 0 Å². The minimum absolute atomic E-state index is 0.0367. The Labute approximate surface area is 165 Å². The molecular weight excluding hydrogens is 350 g/mol. The first-order valence-corrected chi connectivity index (χ1v) is 9.72.